The molecule has 0 saturated carbocycles. The van der Waals surface area contributed by atoms with Crippen molar-refractivity contribution in [2.45, 2.75) is 38.8 Å². The maximum Gasteiger partial charge on any atom is 0.305 e. The second kappa shape index (κ2) is 6.51. The molecule has 2 amide bonds. The first-order valence-corrected chi connectivity index (χ1v) is 6.37. The molecule has 1 aliphatic rings. The van der Waals surface area contributed by atoms with E-state index in [4.69, 9.17) is 10.8 Å². The Hall–Kier alpha value is -1.63. The fraction of sp³-hybridized carbons (Fsp3) is 0.750. The number of hydrogen-bond donors (Lipinski definition) is 3. The van der Waals surface area contributed by atoms with Crippen LogP contribution in [0.15, 0.2) is 0 Å². The molecule has 2 unspecified atom stereocenters. The van der Waals surface area contributed by atoms with Crippen molar-refractivity contribution in [1.82, 2.24) is 10.2 Å². The average molecular weight is 271 g/mol. The van der Waals surface area contributed by atoms with Crippen molar-refractivity contribution in [3.63, 3.8) is 0 Å². The van der Waals surface area contributed by atoms with Gasteiger partial charge in [-0.2, -0.15) is 0 Å². The summed E-state index contributed by atoms with van der Waals surface area (Å²) in [6.45, 7) is 4.50. The molecule has 0 aromatic heterocycles. The van der Waals surface area contributed by atoms with Crippen molar-refractivity contribution in [3.8, 4) is 0 Å². The Labute approximate surface area is 112 Å². The van der Waals surface area contributed by atoms with Crippen molar-refractivity contribution in [1.29, 1.82) is 0 Å². The van der Waals surface area contributed by atoms with Gasteiger partial charge in [0.05, 0.1) is 6.42 Å². The molecule has 1 rings (SSSR count). The van der Waals surface area contributed by atoms with E-state index in [0.717, 1.165) is 0 Å². The van der Waals surface area contributed by atoms with Crippen LogP contribution in [0.2, 0.25) is 0 Å². The van der Waals surface area contributed by atoms with Gasteiger partial charge in [0.2, 0.25) is 11.8 Å². The standard InChI is InChI=1S/C12H21N3O4/c1-7(2)8(13)5-10(16)15-4-3-14-12(19)9(15)6-11(17)18/h7-9H,3-6,13H2,1-2H3,(H,14,19)(H,17,18). The number of nitrogens with one attached hydrogen (secondary N) is 1. The Morgan fingerprint density at radius 3 is 2.68 bits per heavy atom. The highest BCUT2D eigenvalue weighted by Gasteiger charge is 2.35. The van der Waals surface area contributed by atoms with Crippen molar-refractivity contribution < 1.29 is 19.5 Å². The van der Waals surface area contributed by atoms with E-state index < -0.39 is 17.9 Å². The van der Waals surface area contributed by atoms with Gasteiger partial charge in [-0.3, -0.25) is 14.4 Å². The number of rotatable bonds is 5. The van der Waals surface area contributed by atoms with Gasteiger partial charge < -0.3 is 21.1 Å². The van der Waals surface area contributed by atoms with E-state index in [1.54, 1.807) is 0 Å². The van der Waals surface area contributed by atoms with Crippen LogP contribution in [0.5, 0.6) is 0 Å². The number of carbonyl (C=O) groups is 3. The van der Waals surface area contributed by atoms with Crippen LogP contribution in [0, 0.1) is 5.92 Å². The van der Waals surface area contributed by atoms with E-state index in [-0.39, 0.29) is 30.7 Å². The highest BCUT2D eigenvalue weighted by Crippen LogP contribution is 2.13. The number of aliphatic carboxylic acids is 1. The molecular formula is C12H21N3O4. The predicted molar refractivity (Wildman–Crippen MR) is 68.2 cm³/mol. The summed E-state index contributed by atoms with van der Waals surface area (Å²) in [6.07, 6.45) is -0.254. The molecule has 1 heterocycles. The highest BCUT2D eigenvalue weighted by molar-refractivity contribution is 5.91. The summed E-state index contributed by atoms with van der Waals surface area (Å²) in [5.74, 6) is -1.63. The minimum absolute atomic E-state index is 0.126. The number of carbonyl (C=O) groups excluding carboxylic acids is 2. The topological polar surface area (TPSA) is 113 Å². The van der Waals surface area contributed by atoms with E-state index in [1.807, 2.05) is 13.8 Å². The molecule has 0 aromatic carbocycles. The van der Waals surface area contributed by atoms with Gasteiger partial charge in [0.25, 0.3) is 0 Å². The molecule has 108 valence electrons. The van der Waals surface area contributed by atoms with Crippen molar-refractivity contribution in [2.24, 2.45) is 11.7 Å². The van der Waals surface area contributed by atoms with Crippen LogP contribution < -0.4 is 11.1 Å². The smallest absolute Gasteiger partial charge is 0.305 e. The highest BCUT2D eigenvalue weighted by atomic mass is 16.4. The van der Waals surface area contributed by atoms with Gasteiger partial charge in [0.1, 0.15) is 6.04 Å². The summed E-state index contributed by atoms with van der Waals surface area (Å²) < 4.78 is 0. The first-order chi connectivity index (χ1) is 8.82. The second-order valence-corrected chi connectivity index (χ2v) is 5.10. The third-order valence-corrected chi connectivity index (χ3v) is 3.29. The Kier molecular flexibility index (Phi) is 5.29. The normalized spacial score (nSPS) is 21.2. The fourth-order valence-corrected chi connectivity index (χ4v) is 1.94. The van der Waals surface area contributed by atoms with E-state index in [0.29, 0.717) is 13.1 Å². The lowest BCUT2D eigenvalue weighted by Crippen LogP contribution is -2.58. The maximum atomic E-state index is 12.1. The average Bonchev–Trinajstić information content (AvgIpc) is 2.30. The number of nitrogens with two attached hydrogens (primary N) is 1. The maximum absolute atomic E-state index is 12.1. The minimum atomic E-state index is -1.10. The largest absolute Gasteiger partial charge is 0.481 e. The number of nitrogens with zero attached hydrogens (tertiary/aromatic N) is 1. The van der Waals surface area contributed by atoms with Gasteiger partial charge in [0.15, 0.2) is 0 Å². The zero-order chi connectivity index (χ0) is 14.6. The van der Waals surface area contributed by atoms with Crippen LogP contribution in [0.4, 0.5) is 0 Å². The van der Waals surface area contributed by atoms with Crippen molar-refractivity contribution in [3.05, 3.63) is 0 Å². The van der Waals surface area contributed by atoms with E-state index in [1.165, 1.54) is 4.90 Å². The van der Waals surface area contributed by atoms with Gasteiger partial charge in [-0.1, -0.05) is 13.8 Å². The van der Waals surface area contributed by atoms with Crippen LogP contribution >= 0.6 is 0 Å². The Morgan fingerprint density at radius 1 is 1.53 bits per heavy atom. The SMILES string of the molecule is CC(C)C(N)CC(=O)N1CCNC(=O)C1CC(=O)O. The van der Waals surface area contributed by atoms with Gasteiger partial charge >= 0.3 is 5.97 Å². The molecule has 4 N–H and O–H groups in total. The van der Waals surface area contributed by atoms with Crippen molar-refractivity contribution in [2.75, 3.05) is 13.1 Å². The number of piperazine rings is 1. The summed E-state index contributed by atoms with van der Waals surface area (Å²) in [5, 5.41) is 11.4. The van der Waals surface area contributed by atoms with Crippen LogP contribution in [-0.2, 0) is 14.4 Å². The number of amides is 2. The quantitative estimate of drug-likeness (QED) is 0.603. The van der Waals surface area contributed by atoms with Gasteiger partial charge in [0, 0.05) is 25.6 Å². The van der Waals surface area contributed by atoms with Gasteiger partial charge in [-0.05, 0) is 5.92 Å². The molecule has 0 spiro atoms. The van der Waals surface area contributed by atoms with Crippen LogP contribution in [0.3, 0.4) is 0 Å². The molecule has 0 aromatic rings. The van der Waals surface area contributed by atoms with E-state index >= 15 is 0 Å². The van der Waals surface area contributed by atoms with Crippen LogP contribution in [-0.4, -0.2) is 53.0 Å². The van der Waals surface area contributed by atoms with Crippen molar-refractivity contribution >= 4 is 17.8 Å². The lowest BCUT2D eigenvalue weighted by Gasteiger charge is -2.35. The number of carboxylic acids is 1. The Bertz CT molecular complexity index is 370. The van der Waals surface area contributed by atoms with Crippen LogP contribution in [0.1, 0.15) is 26.7 Å². The Balaban J connectivity index is 2.73. The molecular weight excluding hydrogens is 250 g/mol. The Morgan fingerprint density at radius 2 is 2.16 bits per heavy atom. The minimum Gasteiger partial charge on any atom is -0.481 e. The molecule has 0 radical (unpaired) electrons. The summed E-state index contributed by atoms with van der Waals surface area (Å²) >= 11 is 0. The first kappa shape index (κ1) is 15.4. The zero-order valence-corrected chi connectivity index (χ0v) is 11.3. The van der Waals surface area contributed by atoms with Gasteiger partial charge in [-0.15, -0.1) is 0 Å². The lowest BCUT2D eigenvalue weighted by molar-refractivity contribution is -0.149. The third kappa shape index (κ3) is 4.20. The molecule has 1 aliphatic heterocycles. The first-order valence-electron chi connectivity index (χ1n) is 6.37. The molecule has 1 saturated heterocycles. The summed E-state index contributed by atoms with van der Waals surface area (Å²) in [5.41, 5.74) is 5.84. The number of hydrogen-bond acceptors (Lipinski definition) is 4. The summed E-state index contributed by atoms with van der Waals surface area (Å²) in [4.78, 5) is 35.9. The third-order valence-electron chi connectivity index (χ3n) is 3.29. The zero-order valence-electron chi connectivity index (χ0n) is 11.3. The summed E-state index contributed by atoms with van der Waals surface area (Å²) in [7, 11) is 0. The molecule has 7 heteroatoms. The van der Waals surface area contributed by atoms with Crippen LogP contribution in [0.25, 0.3) is 0 Å². The monoisotopic (exact) mass is 271 g/mol. The fourth-order valence-electron chi connectivity index (χ4n) is 1.94. The lowest BCUT2D eigenvalue weighted by atomic mass is 10.00. The predicted octanol–water partition coefficient (Wildman–Crippen LogP) is -0.838. The molecule has 19 heavy (non-hydrogen) atoms. The molecule has 0 bridgehead atoms. The summed E-state index contributed by atoms with van der Waals surface area (Å²) in [6, 6.07) is -1.22. The van der Waals surface area contributed by atoms with E-state index in [9.17, 15) is 14.4 Å². The molecule has 2 atom stereocenters. The molecule has 1 fully saturated rings. The molecule has 7 nitrogen and oxygen atoms in total. The second-order valence-electron chi connectivity index (χ2n) is 5.10. The van der Waals surface area contributed by atoms with E-state index in [2.05, 4.69) is 5.32 Å². The number of carboxylic acid groups (broad SMARTS) is 1. The molecule has 0 aliphatic carbocycles. The van der Waals surface area contributed by atoms with Gasteiger partial charge in [-0.25, -0.2) is 0 Å².